The molecule has 0 saturated carbocycles. The molecule has 192 valence electrons. The number of carbonyl (C=O) groups excluding carboxylic acids is 2. The minimum atomic E-state index is -5.16. The molecule has 0 aliphatic rings. The first-order valence-electron chi connectivity index (χ1n) is 10.3. The predicted octanol–water partition coefficient (Wildman–Crippen LogP) is 4.71. The second kappa shape index (κ2) is 9.55. The van der Waals surface area contributed by atoms with Crippen LogP contribution in [0.4, 0.5) is 32.0 Å². The van der Waals surface area contributed by atoms with Crippen molar-refractivity contribution >= 4 is 17.6 Å². The van der Waals surface area contributed by atoms with Crippen molar-refractivity contribution in [2.45, 2.75) is 32.3 Å². The molecule has 3 aromatic rings. The smallest absolute Gasteiger partial charge is 0.416 e. The molecule has 0 saturated heterocycles. The normalized spacial score (nSPS) is 12.8. The number of amides is 1. The molecule has 1 unspecified atom stereocenters. The molecule has 1 heterocycles. The third kappa shape index (κ3) is 5.44. The molecule has 0 fully saturated rings. The lowest BCUT2D eigenvalue weighted by molar-refractivity contribution is -0.143. The lowest BCUT2D eigenvalue weighted by Gasteiger charge is -2.16. The summed E-state index contributed by atoms with van der Waals surface area (Å²) in [4.78, 5) is 37.8. The number of nitrogens with one attached hydrogen (secondary N) is 1. The number of anilines is 1. The van der Waals surface area contributed by atoms with Crippen LogP contribution in [0.3, 0.4) is 0 Å². The Morgan fingerprint density at radius 2 is 1.47 bits per heavy atom. The highest BCUT2D eigenvalue weighted by atomic mass is 19.4. The van der Waals surface area contributed by atoms with E-state index in [0.29, 0.717) is 11.4 Å². The minimum absolute atomic E-state index is 0.136. The van der Waals surface area contributed by atoms with Crippen molar-refractivity contribution in [3.05, 3.63) is 81.3 Å². The lowest BCUT2D eigenvalue weighted by atomic mass is 10.0. The monoisotopic (exact) mass is 515 g/mol. The number of benzene rings is 2. The number of para-hydroxylation sites is 1. The van der Waals surface area contributed by atoms with Crippen LogP contribution in [0.1, 0.15) is 34.1 Å². The molecule has 1 N–H and O–H groups in total. The number of hydrogen-bond donors (Lipinski definition) is 1. The SMILES string of the molecule is Cc1c(NC(=O)C(C)OC(=O)c2cc(C(F)(F)F)cc(C(F)(F)F)c2)c(=O)n(-c2ccccc2)n1C. The van der Waals surface area contributed by atoms with Crippen LogP contribution in [0.25, 0.3) is 5.69 Å². The highest BCUT2D eigenvalue weighted by molar-refractivity contribution is 5.97. The molecule has 1 amide bonds. The molecule has 2 aromatic carbocycles. The summed E-state index contributed by atoms with van der Waals surface area (Å²) in [7, 11) is 1.56. The predicted molar refractivity (Wildman–Crippen MR) is 116 cm³/mol. The van der Waals surface area contributed by atoms with Gasteiger partial charge in [-0.05, 0) is 44.2 Å². The van der Waals surface area contributed by atoms with Crippen LogP contribution in [0.2, 0.25) is 0 Å². The number of hydrogen-bond acceptors (Lipinski definition) is 4. The van der Waals surface area contributed by atoms with E-state index in [1.165, 1.54) is 16.3 Å². The van der Waals surface area contributed by atoms with E-state index in [-0.39, 0.29) is 23.9 Å². The second-order valence-corrected chi connectivity index (χ2v) is 7.77. The van der Waals surface area contributed by atoms with Crippen molar-refractivity contribution in [1.82, 2.24) is 9.36 Å². The van der Waals surface area contributed by atoms with Gasteiger partial charge in [-0.25, -0.2) is 9.48 Å². The number of nitrogens with zero attached hydrogens (tertiary/aromatic N) is 2. The van der Waals surface area contributed by atoms with E-state index in [0.717, 1.165) is 6.92 Å². The molecule has 0 aliphatic carbocycles. The molecule has 36 heavy (non-hydrogen) atoms. The van der Waals surface area contributed by atoms with Gasteiger partial charge in [0.25, 0.3) is 11.5 Å². The van der Waals surface area contributed by atoms with Crippen molar-refractivity contribution < 1.29 is 40.7 Å². The number of aromatic nitrogens is 2. The molecule has 0 spiro atoms. The number of esters is 1. The Hall–Kier alpha value is -4.03. The maximum absolute atomic E-state index is 13.0. The quantitative estimate of drug-likeness (QED) is 0.395. The van der Waals surface area contributed by atoms with Crippen molar-refractivity contribution in [3.63, 3.8) is 0 Å². The first-order chi connectivity index (χ1) is 16.6. The van der Waals surface area contributed by atoms with E-state index in [1.807, 2.05) is 0 Å². The van der Waals surface area contributed by atoms with Crippen molar-refractivity contribution in [2.75, 3.05) is 5.32 Å². The Kier molecular flexibility index (Phi) is 7.05. The summed E-state index contributed by atoms with van der Waals surface area (Å²) in [6, 6.07) is 8.70. The van der Waals surface area contributed by atoms with Gasteiger partial charge in [-0.3, -0.25) is 14.3 Å². The van der Waals surface area contributed by atoms with E-state index in [9.17, 15) is 40.7 Å². The van der Waals surface area contributed by atoms with Gasteiger partial charge in [-0.15, -0.1) is 0 Å². The molecule has 0 aliphatic heterocycles. The van der Waals surface area contributed by atoms with Crippen molar-refractivity contribution in [3.8, 4) is 5.69 Å². The Morgan fingerprint density at radius 1 is 0.944 bits per heavy atom. The molecular formula is C23H19F6N3O4. The first kappa shape index (κ1) is 26.6. The Bertz CT molecular complexity index is 1320. The number of carbonyl (C=O) groups is 2. The fourth-order valence-electron chi connectivity index (χ4n) is 3.29. The summed E-state index contributed by atoms with van der Waals surface area (Å²) in [6.45, 7) is 2.59. The van der Waals surface area contributed by atoms with Gasteiger partial charge >= 0.3 is 18.3 Å². The molecule has 0 bridgehead atoms. The molecule has 7 nitrogen and oxygen atoms in total. The molecule has 1 atom stereocenters. The number of alkyl halides is 6. The van der Waals surface area contributed by atoms with Crippen LogP contribution in [-0.2, 0) is 28.9 Å². The summed E-state index contributed by atoms with van der Waals surface area (Å²) in [5, 5.41) is 2.31. The largest absolute Gasteiger partial charge is 0.449 e. The topological polar surface area (TPSA) is 82.3 Å². The molecule has 1 aromatic heterocycles. The molecule has 3 rings (SSSR count). The first-order valence-corrected chi connectivity index (χ1v) is 10.3. The Labute approximate surface area is 199 Å². The van der Waals surface area contributed by atoms with Crippen molar-refractivity contribution in [2.24, 2.45) is 7.05 Å². The Morgan fingerprint density at radius 3 is 1.97 bits per heavy atom. The number of halogens is 6. The zero-order chi connectivity index (χ0) is 27.0. The van der Waals surface area contributed by atoms with Gasteiger partial charge in [0, 0.05) is 7.05 Å². The Balaban J connectivity index is 1.84. The van der Waals surface area contributed by atoms with Gasteiger partial charge in [-0.1, -0.05) is 18.2 Å². The molecular weight excluding hydrogens is 496 g/mol. The molecule has 13 heteroatoms. The fourth-order valence-corrected chi connectivity index (χ4v) is 3.29. The minimum Gasteiger partial charge on any atom is -0.449 e. The zero-order valence-corrected chi connectivity index (χ0v) is 19.0. The van der Waals surface area contributed by atoms with Crippen LogP contribution in [0.5, 0.6) is 0 Å². The van der Waals surface area contributed by atoms with Gasteiger partial charge in [0.2, 0.25) is 0 Å². The van der Waals surface area contributed by atoms with E-state index in [4.69, 9.17) is 4.74 Å². The maximum Gasteiger partial charge on any atom is 0.416 e. The third-order valence-corrected chi connectivity index (χ3v) is 5.28. The van der Waals surface area contributed by atoms with Crippen LogP contribution < -0.4 is 10.9 Å². The van der Waals surface area contributed by atoms with Crippen LogP contribution in [0, 0.1) is 6.92 Å². The molecule has 0 radical (unpaired) electrons. The third-order valence-electron chi connectivity index (χ3n) is 5.28. The van der Waals surface area contributed by atoms with Gasteiger partial charge in [-0.2, -0.15) is 26.3 Å². The van der Waals surface area contributed by atoms with Crippen molar-refractivity contribution in [1.29, 1.82) is 0 Å². The van der Waals surface area contributed by atoms with Gasteiger partial charge in [0.1, 0.15) is 5.69 Å². The van der Waals surface area contributed by atoms with Gasteiger partial charge in [0.15, 0.2) is 6.10 Å². The van der Waals surface area contributed by atoms with E-state index < -0.39 is 52.6 Å². The fraction of sp³-hybridized carbons (Fsp3) is 0.261. The van der Waals surface area contributed by atoms with Gasteiger partial charge in [0.05, 0.1) is 28.1 Å². The van der Waals surface area contributed by atoms with Crippen LogP contribution in [0.15, 0.2) is 53.3 Å². The standard InChI is InChI=1S/C23H19F6N3O4/c1-12-18(20(34)32(31(12)3)17-7-5-4-6-8-17)30-19(33)13(2)36-21(35)14-9-15(22(24,25)26)11-16(10-14)23(27,28)29/h4-11,13H,1-3H3,(H,30,33). The van der Waals surface area contributed by atoms with Gasteiger partial charge < -0.3 is 10.1 Å². The summed E-state index contributed by atoms with van der Waals surface area (Å²) >= 11 is 0. The summed E-state index contributed by atoms with van der Waals surface area (Å²) in [5.41, 5.74) is -4.38. The second-order valence-electron chi connectivity index (χ2n) is 7.77. The number of rotatable bonds is 5. The lowest BCUT2D eigenvalue weighted by Crippen LogP contribution is -2.32. The maximum atomic E-state index is 13.0. The van der Waals surface area contributed by atoms with E-state index in [2.05, 4.69) is 5.32 Å². The highest BCUT2D eigenvalue weighted by Crippen LogP contribution is 2.36. The van der Waals surface area contributed by atoms with E-state index in [1.54, 1.807) is 37.4 Å². The van der Waals surface area contributed by atoms with Crippen LogP contribution in [-0.4, -0.2) is 27.3 Å². The average molecular weight is 515 g/mol. The summed E-state index contributed by atoms with van der Waals surface area (Å²) in [5.74, 6) is -2.60. The zero-order valence-electron chi connectivity index (χ0n) is 19.0. The van der Waals surface area contributed by atoms with E-state index >= 15 is 0 Å². The van der Waals surface area contributed by atoms with Crippen LogP contribution >= 0.6 is 0 Å². The average Bonchev–Trinajstić information content (AvgIpc) is 3.01. The summed E-state index contributed by atoms with van der Waals surface area (Å²) < 4.78 is 85.8. The number of ether oxygens (including phenoxy) is 1. The highest BCUT2D eigenvalue weighted by Gasteiger charge is 2.38. The summed E-state index contributed by atoms with van der Waals surface area (Å²) in [6.07, 6.45) is -12.0.